The van der Waals surface area contributed by atoms with Crippen LogP contribution in [-0.4, -0.2) is 50.1 Å². The van der Waals surface area contributed by atoms with Crippen LogP contribution in [0.5, 0.6) is 17.4 Å². The third kappa shape index (κ3) is 7.62. The maximum atomic E-state index is 14.4. The number of nitrogen functional groups attached to an aromatic ring is 1. The number of alkyl halides is 2. The minimum atomic E-state index is -2.82. The number of nitrogens with zero attached hydrogens (tertiary/aromatic N) is 3. The summed E-state index contributed by atoms with van der Waals surface area (Å²) in [5.41, 5.74) is 5.82. The quantitative estimate of drug-likeness (QED) is 0.238. The molecule has 1 saturated heterocycles. The first-order valence-corrected chi connectivity index (χ1v) is 15.8. The van der Waals surface area contributed by atoms with Crippen molar-refractivity contribution in [2.75, 3.05) is 18.8 Å². The van der Waals surface area contributed by atoms with Crippen LogP contribution in [0.3, 0.4) is 0 Å². The van der Waals surface area contributed by atoms with E-state index in [-0.39, 0.29) is 69.2 Å². The molecule has 2 fully saturated rings. The molecule has 1 saturated carbocycles. The number of halogens is 2. The second-order valence-corrected chi connectivity index (χ2v) is 12.5. The number of nitrogens with two attached hydrogens (primary N) is 1. The van der Waals surface area contributed by atoms with E-state index in [1.165, 1.54) is 10.9 Å². The fourth-order valence-corrected chi connectivity index (χ4v) is 6.50. The molecular formula is C36H38F2N4O5. The van der Waals surface area contributed by atoms with E-state index < -0.39 is 28.9 Å². The van der Waals surface area contributed by atoms with Crippen LogP contribution < -0.4 is 20.8 Å². The first-order valence-electron chi connectivity index (χ1n) is 15.8. The zero-order valence-electron chi connectivity index (χ0n) is 25.9. The average Bonchev–Trinajstić information content (AvgIpc) is 3.08. The van der Waals surface area contributed by atoms with Gasteiger partial charge in [0.25, 0.3) is 5.56 Å². The molecule has 1 aliphatic carbocycles. The van der Waals surface area contributed by atoms with Crippen molar-refractivity contribution in [3.63, 3.8) is 0 Å². The third-order valence-electron chi connectivity index (χ3n) is 9.15. The number of benzene rings is 3. The molecule has 9 nitrogen and oxygen atoms in total. The molecule has 11 heteroatoms. The van der Waals surface area contributed by atoms with E-state index in [4.69, 9.17) is 15.2 Å². The van der Waals surface area contributed by atoms with Crippen molar-refractivity contribution in [2.45, 2.75) is 62.7 Å². The highest BCUT2D eigenvalue weighted by atomic mass is 19.3. The van der Waals surface area contributed by atoms with Crippen molar-refractivity contribution in [1.82, 2.24) is 14.5 Å². The van der Waals surface area contributed by atoms with Crippen LogP contribution in [0.15, 0.2) is 96.1 Å². The number of piperidine rings is 1. The van der Waals surface area contributed by atoms with Crippen LogP contribution in [0.1, 0.15) is 49.1 Å². The van der Waals surface area contributed by atoms with Crippen molar-refractivity contribution in [3.05, 3.63) is 113 Å². The summed E-state index contributed by atoms with van der Waals surface area (Å²) in [6, 6.07) is 25.7. The standard InChI is InChI=1S/C36H38F2N4O5/c37-36(38)15-14-29(30(21-36)26-10-5-2-6-11-26)33(43)41-18-16-35(45,17-19-41)23-42-24-40-32(31(39)34(42)44)47-28-13-7-12-27(20-28)46-22-25-8-3-1-4-9-25/h1-13,20,24,29-30,45H,14-19,21-23,39H2/t29-,30+/m1/s1. The second kappa shape index (κ2) is 13.5. The molecule has 6 rings (SSSR count). The number of amides is 1. The van der Waals surface area contributed by atoms with E-state index in [0.717, 1.165) is 11.1 Å². The fourth-order valence-electron chi connectivity index (χ4n) is 6.50. The lowest BCUT2D eigenvalue weighted by Crippen LogP contribution is -2.52. The number of aliphatic hydroxyl groups is 1. The van der Waals surface area contributed by atoms with Crippen molar-refractivity contribution >= 4 is 11.6 Å². The molecule has 0 bridgehead atoms. The number of rotatable bonds is 9. The van der Waals surface area contributed by atoms with Gasteiger partial charge in [0.1, 0.15) is 24.4 Å². The summed E-state index contributed by atoms with van der Waals surface area (Å²) in [7, 11) is 0. The highest BCUT2D eigenvalue weighted by molar-refractivity contribution is 5.80. The van der Waals surface area contributed by atoms with Gasteiger partial charge in [-0.15, -0.1) is 0 Å². The minimum absolute atomic E-state index is 0.0649. The monoisotopic (exact) mass is 644 g/mol. The molecule has 2 aliphatic rings. The van der Waals surface area contributed by atoms with Gasteiger partial charge in [-0.2, -0.15) is 0 Å². The number of hydrogen-bond donors (Lipinski definition) is 2. The maximum Gasteiger partial charge on any atom is 0.280 e. The smallest absolute Gasteiger partial charge is 0.280 e. The van der Waals surface area contributed by atoms with Crippen LogP contribution in [0.4, 0.5) is 14.5 Å². The van der Waals surface area contributed by atoms with Gasteiger partial charge in [0, 0.05) is 43.8 Å². The predicted molar refractivity (Wildman–Crippen MR) is 172 cm³/mol. The molecule has 0 spiro atoms. The first-order chi connectivity index (χ1) is 22.6. The van der Waals surface area contributed by atoms with E-state index in [0.29, 0.717) is 18.1 Å². The lowest BCUT2D eigenvalue weighted by molar-refractivity contribution is -0.145. The zero-order chi connectivity index (χ0) is 33.0. The average molecular weight is 645 g/mol. The summed E-state index contributed by atoms with van der Waals surface area (Å²) in [6.07, 6.45) is 1.11. The van der Waals surface area contributed by atoms with Gasteiger partial charge in [0.05, 0.1) is 12.1 Å². The van der Waals surface area contributed by atoms with Gasteiger partial charge < -0.3 is 25.2 Å². The summed E-state index contributed by atoms with van der Waals surface area (Å²) in [5, 5.41) is 11.4. The minimum Gasteiger partial charge on any atom is -0.489 e. The van der Waals surface area contributed by atoms with Gasteiger partial charge in [-0.05, 0) is 42.5 Å². The fraction of sp³-hybridized carbons (Fsp3) is 0.361. The van der Waals surface area contributed by atoms with Crippen molar-refractivity contribution < 1.29 is 28.2 Å². The molecule has 1 aliphatic heterocycles. The molecule has 47 heavy (non-hydrogen) atoms. The zero-order valence-corrected chi connectivity index (χ0v) is 25.9. The van der Waals surface area contributed by atoms with E-state index in [1.807, 2.05) is 36.4 Å². The van der Waals surface area contributed by atoms with Crippen LogP contribution in [0.2, 0.25) is 0 Å². The van der Waals surface area contributed by atoms with Crippen LogP contribution in [0, 0.1) is 5.92 Å². The van der Waals surface area contributed by atoms with Gasteiger partial charge in [-0.25, -0.2) is 13.8 Å². The molecule has 1 amide bonds. The number of carbonyl (C=O) groups excluding carboxylic acids is 1. The van der Waals surface area contributed by atoms with E-state index in [9.17, 15) is 23.5 Å². The Morgan fingerprint density at radius 3 is 2.36 bits per heavy atom. The molecule has 1 aromatic heterocycles. The highest BCUT2D eigenvalue weighted by Gasteiger charge is 2.46. The Morgan fingerprint density at radius 2 is 1.64 bits per heavy atom. The Morgan fingerprint density at radius 1 is 0.957 bits per heavy atom. The molecule has 4 aromatic rings. The molecule has 2 heterocycles. The summed E-state index contributed by atoms with van der Waals surface area (Å²) in [5.74, 6) is -3.23. The molecule has 0 unspecified atom stereocenters. The topological polar surface area (TPSA) is 120 Å². The predicted octanol–water partition coefficient (Wildman–Crippen LogP) is 5.77. The van der Waals surface area contributed by atoms with Gasteiger partial charge >= 0.3 is 0 Å². The van der Waals surface area contributed by atoms with Gasteiger partial charge in [0.15, 0.2) is 5.69 Å². The number of ether oxygens (including phenoxy) is 2. The molecular weight excluding hydrogens is 606 g/mol. The largest absolute Gasteiger partial charge is 0.489 e. The summed E-state index contributed by atoms with van der Waals surface area (Å²) < 4.78 is 41.7. The summed E-state index contributed by atoms with van der Waals surface area (Å²) in [4.78, 5) is 32.7. The number of hydrogen-bond acceptors (Lipinski definition) is 7. The van der Waals surface area contributed by atoms with Gasteiger partial charge in [-0.3, -0.25) is 14.2 Å². The SMILES string of the molecule is Nc1c(Oc2cccc(OCc3ccccc3)c2)ncn(CC2(O)CCN(C(=O)[C@@H]3CCC(F)(F)C[C@H]3c3ccccc3)CC2)c1=O. The Labute approximate surface area is 271 Å². The molecule has 246 valence electrons. The van der Waals surface area contributed by atoms with E-state index in [1.54, 1.807) is 53.4 Å². The highest BCUT2D eigenvalue weighted by Crippen LogP contribution is 2.46. The van der Waals surface area contributed by atoms with Crippen LogP contribution in [-0.2, 0) is 17.9 Å². The van der Waals surface area contributed by atoms with Crippen LogP contribution >= 0.6 is 0 Å². The molecule has 3 aromatic carbocycles. The number of carbonyl (C=O) groups is 1. The van der Waals surface area contributed by atoms with Crippen molar-refractivity contribution in [2.24, 2.45) is 5.92 Å². The maximum absolute atomic E-state index is 14.4. The first kappa shape index (κ1) is 32.2. The Kier molecular flexibility index (Phi) is 9.26. The van der Waals surface area contributed by atoms with E-state index >= 15 is 0 Å². The molecule has 0 radical (unpaired) electrons. The normalized spacial score (nSPS) is 20.4. The Balaban J connectivity index is 1.07. The van der Waals surface area contributed by atoms with Gasteiger partial charge in [-0.1, -0.05) is 66.7 Å². The third-order valence-corrected chi connectivity index (χ3v) is 9.15. The van der Waals surface area contributed by atoms with Gasteiger partial charge in [0.2, 0.25) is 17.7 Å². The molecule has 2 atom stereocenters. The lowest BCUT2D eigenvalue weighted by Gasteiger charge is -2.42. The Hall–Kier alpha value is -4.77. The number of aromatic nitrogens is 2. The lowest BCUT2D eigenvalue weighted by atomic mass is 9.73. The van der Waals surface area contributed by atoms with Crippen molar-refractivity contribution in [1.29, 1.82) is 0 Å². The van der Waals surface area contributed by atoms with E-state index in [2.05, 4.69) is 4.98 Å². The summed E-state index contributed by atoms with van der Waals surface area (Å²) >= 11 is 0. The van der Waals surface area contributed by atoms with Crippen molar-refractivity contribution in [3.8, 4) is 17.4 Å². The number of anilines is 1. The molecule has 3 N–H and O–H groups in total. The summed E-state index contributed by atoms with van der Waals surface area (Å²) in [6.45, 7) is 0.788. The second-order valence-electron chi connectivity index (χ2n) is 12.5. The number of likely N-dealkylation sites (tertiary alicyclic amines) is 1. The Bertz CT molecular complexity index is 1740. The van der Waals surface area contributed by atoms with Crippen LogP contribution in [0.25, 0.3) is 0 Å².